The first-order valence-corrected chi connectivity index (χ1v) is 6.60. The van der Waals surface area contributed by atoms with Crippen molar-refractivity contribution < 1.29 is 0 Å². The number of nitrogens with zero attached hydrogens (tertiary/aromatic N) is 2. The molecule has 3 heteroatoms. The zero-order chi connectivity index (χ0) is 11.2. The van der Waals surface area contributed by atoms with Crippen molar-refractivity contribution in [3.8, 4) is 0 Å². The molecule has 1 aromatic heterocycles. The Morgan fingerprint density at radius 1 is 1.38 bits per heavy atom. The summed E-state index contributed by atoms with van der Waals surface area (Å²) in [4.78, 5) is 4.18. The second kappa shape index (κ2) is 6.04. The smallest absolute Gasteiger partial charge is 0.0948 e. The Kier molecular flexibility index (Phi) is 4.40. The van der Waals surface area contributed by atoms with Gasteiger partial charge in [0.25, 0.3) is 0 Å². The van der Waals surface area contributed by atoms with Crippen LogP contribution in [0.3, 0.4) is 0 Å². The molecule has 0 unspecified atom stereocenters. The second-order valence-electron chi connectivity index (χ2n) is 4.81. The average Bonchev–Trinajstić information content (AvgIpc) is 2.78. The van der Waals surface area contributed by atoms with E-state index in [1.54, 1.807) is 0 Å². The minimum Gasteiger partial charge on any atom is -0.334 e. The van der Waals surface area contributed by atoms with Crippen LogP contribution in [0.1, 0.15) is 44.7 Å². The molecule has 1 aliphatic carbocycles. The van der Waals surface area contributed by atoms with Gasteiger partial charge in [-0.15, -0.1) is 0 Å². The number of aromatic nitrogens is 2. The molecule has 1 aliphatic rings. The van der Waals surface area contributed by atoms with E-state index in [-0.39, 0.29) is 0 Å². The van der Waals surface area contributed by atoms with Crippen LogP contribution < -0.4 is 5.32 Å². The van der Waals surface area contributed by atoms with Crippen LogP contribution in [0.4, 0.5) is 0 Å². The number of imidazole rings is 1. The van der Waals surface area contributed by atoms with Crippen LogP contribution in [-0.4, -0.2) is 16.1 Å². The van der Waals surface area contributed by atoms with Gasteiger partial charge in [-0.2, -0.15) is 0 Å². The summed E-state index contributed by atoms with van der Waals surface area (Å²) in [5, 5.41) is 3.57. The molecule has 1 aromatic rings. The maximum absolute atomic E-state index is 4.18. The SMILES string of the molecule is CCn1cncc1CNCC1CCCCC1. The minimum absolute atomic E-state index is 0.909. The van der Waals surface area contributed by atoms with Crippen LogP contribution in [0.2, 0.25) is 0 Å². The molecule has 1 saturated carbocycles. The lowest BCUT2D eigenvalue weighted by atomic mass is 9.89. The zero-order valence-corrected chi connectivity index (χ0v) is 10.3. The lowest BCUT2D eigenvalue weighted by molar-refractivity contribution is 0.341. The van der Waals surface area contributed by atoms with Crippen LogP contribution in [0, 0.1) is 5.92 Å². The predicted octanol–water partition coefficient (Wildman–Crippen LogP) is 2.57. The molecule has 16 heavy (non-hydrogen) atoms. The second-order valence-corrected chi connectivity index (χ2v) is 4.81. The Morgan fingerprint density at radius 2 is 2.19 bits per heavy atom. The Labute approximate surface area is 98.3 Å². The summed E-state index contributed by atoms with van der Waals surface area (Å²) >= 11 is 0. The van der Waals surface area contributed by atoms with Crippen molar-refractivity contribution in [2.24, 2.45) is 5.92 Å². The lowest BCUT2D eigenvalue weighted by Gasteiger charge is -2.21. The Hall–Kier alpha value is -0.830. The molecule has 1 fully saturated rings. The van der Waals surface area contributed by atoms with Gasteiger partial charge in [-0.25, -0.2) is 4.98 Å². The van der Waals surface area contributed by atoms with Crippen molar-refractivity contribution in [1.82, 2.24) is 14.9 Å². The standard InChI is InChI=1S/C13H23N3/c1-2-16-11-15-10-13(16)9-14-8-12-6-4-3-5-7-12/h10-12,14H,2-9H2,1H3. The van der Waals surface area contributed by atoms with Gasteiger partial charge in [-0.05, 0) is 32.2 Å². The first-order valence-electron chi connectivity index (χ1n) is 6.60. The van der Waals surface area contributed by atoms with Gasteiger partial charge in [0.1, 0.15) is 0 Å². The Bertz CT molecular complexity index is 300. The topological polar surface area (TPSA) is 29.9 Å². The maximum atomic E-state index is 4.18. The number of rotatable bonds is 5. The van der Waals surface area contributed by atoms with Crippen LogP contribution in [0.5, 0.6) is 0 Å². The summed E-state index contributed by atoms with van der Waals surface area (Å²) in [5.74, 6) is 0.909. The number of hydrogen-bond acceptors (Lipinski definition) is 2. The Morgan fingerprint density at radius 3 is 2.94 bits per heavy atom. The summed E-state index contributed by atoms with van der Waals surface area (Å²) < 4.78 is 2.20. The van der Waals surface area contributed by atoms with Crippen molar-refractivity contribution in [3.63, 3.8) is 0 Å². The first-order chi connectivity index (χ1) is 7.90. The lowest BCUT2D eigenvalue weighted by Crippen LogP contribution is -2.25. The van der Waals surface area contributed by atoms with Crippen molar-refractivity contribution in [3.05, 3.63) is 18.2 Å². The van der Waals surface area contributed by atoms with Gasteiger partial charge in [0, 0.05) is 19.3 Å². The molecule has 0 amide bonds. The third-order valence-corrected chi connectivity index (χ3v) is 3.60. The van der Waals surface area contributed by atoms with Crippen LogP contribution in [0.25, 0.3) is 0 Å². The summed E-state index contributed by atoms with van der Waals surface area (Å²) in [6.07, 6.45) is 11.0. The monoisotopic (exact) mass is 221 g/mol. The summed E-state index contributed by atoms with van der Waals surface area (Å²) in [5.41, 5.74) is 1.30. The van der Waals surface area contributed by atoms with E-state index in [0.29, 0.717) is 0 Å². The van der Waals surface area contributed by atoms with E-state index in [4.69, 9.17) is 0 Å². The van der Waals surface area contributed by atoms with E-state index in [1.807, 2.05) is 12.5 Å². The summed E-state index contributed by atoms with van der Waals surface area (Å²) in [6, 6.07) is 0. The molecule has 2 rings (SSSR count). The third kappa shape index (κ3) is 3.08. The van der Waals surface area contributed by atoms with Crippen LogP contribution >= 0.6 is 0 Å². The molecule has 0 aliphatic heterocycles. The molecule has 1 heterocycles. The van der Waals surface area contributed by atoms with Gasteiger partial charge in [0.15, 0.2) is 0 Å². The highest BCUT2D eigenvalue weighted by Crippen LogP contribution is 2.22. The zero-order valence-electron chi connectivity index (χ0n) is 10.3. The van der Waals surface area contributed by atoms with Crippen molar-refractivity contribution >= 4 is 0 Å². The largest absolute Gasteiger partial charge is 0.334 e. The van der Waals surface area contributed by atoms with Gasteiger partial charge in [0.2, 0.25) is 0 Å². The first kappa shape index (κ1) is 11.6. The fraction of sp³-hybridized carbons (Fsp3) is 0.769. The molecule has 3 nitrogen and oxygen atoms in total. The fourth-order valence-corrected chi connectivity index (χ4v) is 2.58. The van der Waals surface area contributed by atoms with E-state index in [0.717, 1.165) is 19.0 Å². The van der Waals surface area contributed by atoms with Crippen LogP contribution in [-0.2, 0) is 13.1 Å². The van der Waals surface area contributed by atoms with Crippen LogP contribution in [0.15, 0.2) is 12.5 Å². The van der Waals surface area contributed by atoms with E-state index >= 15 is 0 Å². The molecule has 0 aromatic carbocycles. The van der Waals surface area contributed by atoms with Gasteiger partial charge < -0.3 is 9.88 Å². The van der Waals surface area contributed by atoms with Crippen molar-refractivity contribution in [2.75, 3.05) is 6.54 Å². The highest BCUT2D eigenvalue weighted by Gasteiger charge is 2.12. The van der Waals surface area contributed by atoms with Gasteiger partial charge >= 0.3 is 0 Å². The summed E-state index contributed by atoms with van der Waals surface area (Å²) in [7, 11) is 0. The predicted molar refractivity (Wildman–Crippen MR) is 66.2 cm³/mol. The molecular weight excluding hydrogens is 198 g/mol. The van der Waals surface area contributed by atoms with E-state index in [9.17, 15) is 0 Å². The number of hydrogen-bond donors (Lipinski definition) is 1. The molecular formula is C13H23N3. The Balaban J connectivity index is 1.71. The number of aryl methyl sites for hydroxylation is 1. The molecule has 0 bridgehead atoms. The molecule has 0 saturated heterocycles. The van der Waals surface area contributed by atoms with Gasteiger partial charge in [-0.1, -0.05) is 19.3 Å². The molecule has 0 atom stereocenters. The van der Waals surface area contributed by atoms with Gasteiger partial charge in [-0.3, -0.25) is 0 Å². The average molecular weight is 221 g/mol. The maximum Gasteiger partial charge on any atom is 0.0948 e. The third-order valence-electron chi connectivity index (χ3n) is 3.60. The van der Waals surface area contributed by atoms with E-state index in [2.05, 4.69) is 21.8 Å². The van der Waals surface area contributed by atoms with E-state index in [1.165, 1.54) is 44.3 Å². The molecule has 0 radical (unpaired) electrons. The number of nitrogens with one attached hydrogen (secondary N) is 1. The minimum atomic E-state index is 0.909. The van der Waals surface area contributed by atoms with Crippen molar-refractivity contribution in [1.29, 1.82) is 0 Å². The van der Waals surface area contributed by atoms with E-state index < -0.39 is 0 Å². The highest BCUT2D eigenvalue weighted by atomic mass is 15.1. The van der Waals surface area contributed by atoms with Crippen molar-refractivity contribution in [2.45, 2.75) is 52.1 Å². The van der Waals surface area contributed by atoms with Gasteiger partial charge in [0.05, 0.1) is 12.0 Å². The normalized spacial score (nSPS) is 17.8. The molecule has 0 spiro atoms. The fourth-order valence-electron chi connectivity index (χ4n) is 2.58. The highest BCUT2D eigenvalue weighted by molar-refractivity contribution is 4.97. The molecule has 1 N–H and O–H groups in total. The quantitative estimate of drug-likeness (QED) is 0.828. The molecule has 90 valence electrons. The summed E-state index contributed by atoms with van der Waals surface area (Å²) in [6.45, 7) is 5.31.